The van der Waals surface area contributed by atoms with Gasteiger partial charge in [0, 0.05) is 6.54 Å². The number of hydrogen-bond acceptors (Lipinski definition) is 3. The van der Waals surface area contributed by atoms with Crippen LogP contribution in [-0.4, -0.2) is 30.6 Å². The van der Waals surface area contributed by atoms with Gasteiger partial charge in [0.2, 0.25) is 0 Å². The topological polar surface area (TPSA) is 39.1 Å². The lowest BCUT2D eigenvalue weighted by molar-refractivity contribution is 0.251. The quantitative estimate of drug-likeness (QED) is 0.873. The normalized spacial score (nSPS) is 18.3. The zero-order chi connectivity index (χ0) is 15.1. The largest absolute Gasteiger partial charge is 0.302 e. The Morgan fingerprint density at radius 3 is 2.76 bits per heavy atom. The number of benzene rings is 1. The Hall–Kier alpha value is -1.37. The van der Waals surface area contributed by atoms with Gasteiger partial charge in [-0.05, 0) is 63.4 Å². The summed E-state index contributed by atoms with van der Waals surface area (Å²) in [7, 11) is 1.90. The van der Waals surface area contributed by atoms with E-state index in [1.54, 1.807) is 0 Å². The molecule has 1 unspecified atom stereocenters. The molecule has 21 heavy (non-hydrogen) atoms. The predicted octanol–water partition coefficient (Wildman–Crippen LogP) is 3.11. The average molecular weight is 285 g/mol. The van der Waals surface area contributed by atoms with Crippen molar-refractivity contribution in [3.8, 4) is 6.07 Å². The lowest BCUT2D eigenvalue weighted by Gasteiger charge is -2.26. The summed E-state index contributed by atoms with van der Waals surface area (Å²) < 4.78 is 0. The molecule has 0 aromatic heterocycles. The number of fused-ring (bicyclic) bond motifs is 1. The lowest BCUT2D eigenvalue weighted by Crippen LogP contribution is -2.41. The average Bonchev–Trinajstić information content (AvgIpc) is 2.74. The van der Waals surface area contributed by atoms with Gasteiger partial charge in [0.1, 0.15) is 5.54 Å². The molecule has 0 fully saturated rings. The van der Waals surface area contributed by atoms with E-state index in [4.69, 9.17) is 0 Å². The fourth-order valence-corrected chi connectivity index (χ4v) is 3.23. The van der Waals surface area contributed by atoms with Crippen LogP contribution in [0.15, 0.2) is 24.3 Å². The molecular weight excluding hydrogens is 258 g/mol. The van der Waals surface area contributed by atoms with Gasteiger partial charge >= 0.3 is 0 Å². The van der Waals surface area contributed by atoms with Crippen LogP contribution in [0.25, 0.3) is 0 Å². The number of nitrogens with one attached hydrogen (secondary N) is 1. The summed E-state index contributed by atoms with van der Waals surface area (Å²) in [6.07, 6.45) is 5.29. The highest BCUT2D eigenvalue weighted by molar-refractivity contribution is 5.28. The molecule has 1 aliphatic rings. The van der Waals surface area contributed by atoms with Crippen LogP contribution < -0.4 is 5.32 Å². The molecular formula is C18H27N3. The molecule has 1 heterocycles. The van der Waals surface area contributed by atoms with E-state index in [-0.39, 0.29) is 5.54 Å². The van der Waals surface area contributed by atoms with Crippen LogP contribution in [0, 0.1) is 11.3 Å². The van der Waals surface area contributed by atoms with Crippen molar-refractivity contribution in [3.63, 3.8) is 0 Å². The molecule has 1 aromatic carbocycles. The number of nitrogens with zero attached hydrogens (tertiary/aromatic N) is 2. The molecule has 3 heteroatoms. The van der Waals surface area contributed by atoms with E-state index < -0.39 is 0 Å². The summed E-state index contributed by atoms with van der Waals surface area (Å²) in [5.41, 5.74) is 2.64. The summed E-state index contributed by atoms with van der Waals surface area (Å²) in [5, 5.41) is 12.6. The van der Waals surface area contributed by atoms with Crippen LogP contribution in [0.1, 0.15) is 43.7 Å². The van der Waals surface area contributed by atoms with E-state index in [0.29, 0.717) is 0 Å². The third-order valence-electron chi connectivity index (χ3n) is 4.81. The van der Waals surface area contributed by atoms with Crippen molar-refractivity contribution in [3.05, 3.63) is 35.4 Å². The van der Waals surface area contributed by atoms with Crippen molar-refractivity contribution in [1.82, 2.24) is 10.2 Å². The molecule has 0 saturated carbocycles. The second-order valence-corrected chi connectivity index (χ2v) is 6.05. The zero-order valence-corrected chi connectivity index (χ0v) is 13.4. The summed E-state index contributed by atoms with van der Waals surface area (Å²) in [6.45, 7) is 5.39. The summed E-state index contributed by atoms with van der Waals surface area (Å²) in [5.74, 6) is 0. The number of aryl methyl sites for hydroxylation is 1. The van der Waals surface area contributed by atoms with E-state index >= 15 is 0 Å². The fraction of sp³-hybridized carbons (Fsp3) is 0.611. The van der Waals surface area contributed by atoms with Crippen LogP contribution in [0.2, 0.25) is 0 Å². The molecule has 1 N–H and O–H groups in total. The van der Waals surface area contributed by atoms with Gasteiger partial charge in [0.25, 0.3) is 0 Å². The van der Waals surface area contributed by atoms with Gasteiger partial charge in [-0.1, -0.05) is 31.2 Å². The Balaban J connectivity index is 1.88. The van der Waals surface area contributed by atoms with E-state index in [1.165, 1.54) is 30.5 Å². The molecule has 0 aliphatic carbocycles. The van der Waals surface area contributed by atoms with Crippen LogP contribution in [0.3, 0.4) is 0 Å². The first-order valence-corrected chi connectivity index (χ1v) is 8.12. The van der Waals surface area contributed by atoms with Crippen molar-refractivity contribution in [1.29, 1.82) is 5.26 Å². The van der Waals surface area contributed by atoms with Crippen LogP contribution in [0.5, 0.6) is 0 Å². The SMILES string of the molecule is CCC(C#N)(CCCN1CCCc2ccccc2C1)NC. The maximum atomic E-state index is 9.36. The minimum absolute atomic E-state index is 0.343. The molecule has 0 radical (unpaired) electrons. The first kappa shape index (κ1) is 16.0. The van der Waals surface area contributed by atoms with Crippen molar-refractivity contribution >= 4 is 0 Å². The minimum atomic E-state index is -0.343. The molecule has 1 aromatic rings. The van der Waals surface area contributed by atoms with E-state index in [0.717, 1.165) is 32.4 Å². The molecule has 0 saturated heterocycles. The summed E-state index contributed by atoms with van der Waals surface area (Å²) >= 11 is 0. The van der Waals surface area contributed by atoms with Gasteiger partial charge in [-0.15, -0.1) is 0 Å². The molecule has 1 atom stereocenters. The van der Waals surface area contributed by atoms with Crippen molar-refractivity contribution in [2.24, 2.45) is 0 Å². The van der Waals surface area contributed by atoms with E-state index in [1.807, 2.05) is 7.05 Å². The lowest BCUT2D eigenvalue weighted by atomic mass is 9.92. The number of hydrogen-bond donors (Lipinski definition) is 1. The van der Waals surface area contributed by atoms with E-state index in [2.05, 4.69) is 47.5 Å². The van der Waals surface area contributed by atoms with Gasteiger partial charge in [-0.25, -0.2) is 0 Å². The van der Waals surface area contributed by atoms with Crippen molar-refractivity contribution in [2.75, 3.05) is 20.1 Å². The van der Waals surface area contributed by atoms with Gasteiger partial charge in [0.15, 0.2) is 0 Å². The van der Waals surface area contributed by atoms with Crippen LogP contribution in [-0.2, 0) is 13.0 Å². The molecule has 114 valence electrons. The third-order valence-corrected chi connectivity index (χ3v) is 4.81. The first-order valence-electron chi connectivity index (χ1n) is 8.12. The Morgan fingerprint density at radius 2 is 2.10 bits per heavy atom. The summed E-state index contributed by atoms with van der Waals surface area (Å²) in [6, 6.07) is 11.3. The molecule has 3 nitrogen and oxygen atoms in total. The molecule has 0 spiro atoms. The first-order chi connectivity index (χ1) is 10.2. The highest BCUT2D eigenvalue weighted by atomic mass is 15.1. The molecule has 0 amide bonds. The number of rotatable bonds is 6. The Morgan fingerprint density at radius 1 is 1.33 bits per heavy atom. The van der Waals surface area contributed by atoms with E-state index in [9.17, 15) is 5.26 Å². The Labute approximate surface area is 129 Å². The maximum Gasteiger partial charge on any atom is 0.106 e. The molecule has 2 rings (SSSR count). The highest BCUT2D eigenvalue weighted by Gasteiger charge is 2.25. The minimum Gasteiger partial charge on any atom is -0.302 e. The Bertz CT molecular complexity index is 485. The van der Waals surface area contributed by atoms with Gasteiger partial charge in [0.05, 0.1) is 6.07 Å². The molecule has 0 bridgehead atoms. The molecule has 1 aliphatic heterocycles. The zero-order valence-electron chi connectivity index (χ0n) is 13.4. The van der Waals surface area contributed by atoms with Crippen molar-refractivity contribution < 1.29 is 0 Å². The van der Waals surface area contributed by atoms with Gasteiger partial charge in [-0.3, -0.25) is 4.90 Å². The second-order valence-electron chi connectivity index (χ2n) is 6.05. The second kappa shape index (κ2) is 7.59. The van der Waals surface area contributed by atoms with Gasteiger partial charge < -0.3 is 5.32 Å². The maximum absolute atomic E-state index is 9.36. The monoisotopic (exact) mass is 285 g/mol. The Kier molecular flexibility index (Phi) is 5.78. The van der Waals surface area contributed by atoms with Gasteiger partial charge in [-0.2, -0.15) is 5.26 Å². The third kappa shape index (κ3) is 4.06. The van der Waals surface area contributed by atoms with Crippen molar-refractivity contribution in [2.45, 2.75) is 51.1 Å². The highest BCUT2D eigenvalue weighted by Crippen LogP contribution is 2.20. The number of nitriles is 1. The van der Waals surface area contributed by atoms with Crippen LogP contribution >= 0.6 is 0 Å². The van der Waals surface area contributed by atoms with Crippen LogP contribution in [0.4, 0.5) is 0 Å². The summed E-state index contributed by atoms with van der Waals surface area (Å²) in [4.78, 5) is 2.54. The predicted molar refractivity (Wildman–Crippen MR) is 87.0 cm³/mol. The fourth-order valence-electron chi connectivity index (χ4n) is 3.23. The standard InChI is InChI=1S/C18H27N3/c1-3-18(15-19,20-2)11-7-13-21-12-6-10-16-8-4-5-9-17(16)14-21/h4-5,8-9,20H,3,6-7,10-14H2,1-2H3. The smallest absolute Gasteiger partial charge is 0.106 e.